The minimum atomic E-state index is -1.35. The number of benzene rings is 1. The van der Waals surface area contributed by atoms with E-state index < -0.39 is 3.12 Å². The molecule has 100 valence electrons. The van der Waals surface area contributed by atoms with Gasteiger partial charge in [-0.25, -0.2) is 0 Å². The van der Waals surface area contributed by atoms with Crippen molar-refractivity contribution >= 4 is 58.1 Å². The number of hydrogen-bond acceptors (Lipinski definition) is 3. The van der Waals surface area contributed by atoms with Gasteiger partial charge in [0.1, 0.15) is 0 Å². The number of carbonyl (C=O) groups is 1. The average molecular weight is 327 g/mol. The van der Waals surface area contributed by atoms with Crippen molar-refractivity contribution in [3.05, 3.63) is 42.0 Å². The van der Waals surface area contributed by atoms with Crippen molar-refractivity contribution in [3.63, 3.8) is 0 Å². The molecule has 0 saturated heterocycles. The maximum Gasteiger partial charge on any atom is 0.250 e. The summed E-state index contributed by atoms with van der Waals surface area (Å²) in [5.74, 6) is 0.0913. The van der Waals surface area contributed by atoms with Gasteiger partial charge in [0.05, 0.1) is 0 Å². The van der Waals surface area contributed by atoms with Crippen molar-refractivity contribution in [1.29, 1.82) is 0 Å². The Morgan fingerprint density at radius 3 is 1.83 bits per heavy atom. The van der Waals surface area contributed by atoms with Gasteiger partial charge in [-0.3, -0.25) is 9.93 Å². The van der Waals surface area contributed by atoms with Crippen LogP contribution in [0.4, 0.5) is 0 Å². The van der Waals surface area contributed by atoms with Crippen molar-refractivity contribution in [2.75, 3.05) is 0 Å². The van der Waals surface area contributed by atoms with E-state index in [1.165, 1.54) is 0 Å². The standard InChI is InChI=1S/C11H12O.CH2Cl3NS/c1-8(2)10-6-4-5-7-11(10)9(3)12;2-1(3,4)6-5/h4-7H,1H2,2-3H3;5H2. The van der Waals surface area contributed by atoms with Gasteiger partial charge in [0.2, 0.25) is 0 Å². The normalized spacial score (nSPS) is 10.3. The zero-order valence-corrected chi connectivity index (χ0v) is 13.1. The SMILES string of the molecule is C=C(C)c1ccccc1C(C)=O.NSC(Cl)(Cl)Cl. The molecule has 0 spiro atoms. The summed E-state index contributed by atoms with van der Waals surface area (Å²) in [7, 11) is 0. The minimum Gasteiger partial charge on any atom is -0.294 e. The second-order valence-electron chi connectivity index (χ2n) is 3.45. The molecular formula is C12H14Cl3NOS. The number of allylic oxidation sites excluding steroid dienone is 1. The first-order valence-corrected chi connectivity index (χ1v) is 6.91. The third kappa shape index (κ3) is 7.29. The summed E-state index contributed by atoms with van der Waals surface area (Å²) < 4.78 is -1.35. The summed E-state index contributed by atoms with van der Waals surface area (Å²) in [4.78, 5) is 11.1. The van der Waals surface area contributed by atoms with Crippen LogP contribution >= 0.6 is 46.8 Å². The van der Waals surface area contributed by atoms with E-state index in [1.807, 2.05) is 31.2 Å². The van der Waals surface area contributed by atoms with Gasteiger partial charge in [0, 0.05) is 5.56 Å². The Labute approximate surface area is 127 Å². The number of carbonyl (C=O) groups excluding carboxylic acids is 1. The highest BCUT2D eigenvalue weighted by Gasteiger charge is 2.16. The Morgan fingerprint density at radius 2 is 1.61 bits per heavy atom. The lowest BCUT2D eigenvalue weighted by molar-refractivity contribution is 0.101. The highest BCUT2D eigenvalue weighted by atomic mass is 35.6. The minimum absolute atomic E-state index is 0.0913. The molecule has 1 aromatic rings. The monoisotopic (exact) mass is 325 g/mol. The molecular weight excluding hydrogens is 313 g/mol. The van der Waals surface area contributed by atoms with E-state index in [0.29, 0.717) is 11.9 Å². The van der Waals surface area contributed by atoms with Crippen molar-refractivity contribution in [2.45, 2.75) is 17.0 Å². The zero-order chi connectivity index (χ0) is 14.3. The van der Waals surface area contributed by atoms with Crippen LogP contribution in [0.1, 0.15) is 29.8 Å². The predicted octanol–water partition coefficient (Wildman–Crippen LogP) is 4.84. The van der Waals surface area contributed by atoms with Crippen LogP contribution in [0.3, 0.4) is 0 Å². The van der Waals surface area contributed by atoms with Gasteiger partial charge in [0.15, 0.2) is 5.78 Å². The fraction of sp³-hybridized carbons (Fsp3) is 0.250. The van der Waals surface area contributed by atoms with Crippen LogP contribution < -0.4 is 5.14 Å². The number of rotatable bonds is 2. The maximum absolute atomic E-state index is 11.1. The lowest BCUT2D eigenvalue weighted by atomic mass is 10.00. The molecule has 0 amide bonds. The molecule has 0 heterocycles. The van der Waals surface area contributed by atoms with E-state index in [0.717, 1.165) is 16.7 Å². The summed E-state index contributed by atoms with van der Waals surface area (Å²) >= 11 is 15.9. The van der Waals surface area contributed by atoms with Gasteiger partial charge in [-0.1, -0.05) is 71.2 Å². The predicted molar refractivity (Wildman–Crippen MR) is 83.2 cm³/mol. The Bertz CT molecular complexity index is 397. The molecule has 0 aliphatic carbocycles. The smallest absolute Gasteiger partial charge is 0.250 e. The molecule has 18 heavy (non-hydrogen) atoms. The number of Topliss-reactive ketones (excluding diaryl/α,β-unsaturated/α-hetero) is 1. The van der Waals surface area contributed by atoms with Crippen LogP contribution in [0.25, 0.3) is 5.57 Å². The van der Waals surface area contributed by atoms with E-state index in [9.17, 15) is 4.79 Å². The highest BCUT2D eigenvalue weighted by Crippen LogP contribution is 2.34. The molecule has 0 atom stereocenters. The van der Waals surface area contributed by atoms with Crippen LogP contribution in [0.5, 0.6) is 0 Å². The quantitative estimate of drug-likeness (QED) is 0.480. The molecule has 0 saturated carbocycles. The molecule has 2 nitrogen and oxygen atoms in total. The Balaban J connectivity index is 0.000000411. The molecule has 0 aromatic heterocycles. The number of nitrogens with two attached hydrogens (primary N) is 1. The van der Waals surface area contributed by atoms with Crippen LogP contribution in [0.15, 0.2) is 30.8 Å². The van der Waals surface area contributed by atoms with E-state index >= 15 is 0 Å². The third-order valence-electron chi connectivity index (χ3n) is 1.90. The van der Waals surface area contributed by atoms with Crippen molar-refractivity contribution in [3.8, 4) is 0 Å². The van der Waals surface area contributed by atoms with E-state index in [2.05, 4.69) is 6.58 Å². The Hall–Kier alpha value is -0.190. The number of ketones is 1. The third-order valence-corrected chi connectivity index (χ3v) is 2.97. The fourth-order valence-corrected chi connectivity index (χ4v) is 1.16. The molecule has 2 N–H and O–H groups in total. The van der Waals surface area contributed by atoms with E-state index in [4.69, 9.17) is 39.9 Å². The van der Waals surface area contributed by atoms with E-state index in [-0.39, 0.29) is 5.78 Å². The lowest BCUT2D eigenvalue weighted by Crippen LogP contribution is -1.97. The van der Waals surface area contributed by atoms with Gasteiger partial charge in [-0.15, -0.1) is 0 Å². The Kier molecular flexibility index (Phi) is 7.99. The van der Waals surface area contributed by atoms with Gasteiger partial charge in [-0.05, 0) is 31.4 Å². The van der Waals surface area contributed by atoms with Gasteiger partial charge in [0.25, 0.3) is 3.12 Å². The number of alkyl halides is 3. The lowest BCUT2D eigenvalue weighted by Gasteiger charge is -2.04. The second-order valence-corrected chi connectivity index (χ2v) is 7.25. The number of halogens is 3. The van der Waals surface area contributed by atoms with Crippen molar-refractivity contribution in [1.82, 2.24) is 0 Å². The fourth-order valence-electron chi connectivity index (χ4n) is 1.16. The number of hydrogen-bond donors (Lipinski definition) is 1. The summed E-state index contributed by atoms with van der Waals surface area (Å²) in [5.41, 5.74) is 2.64. The molecule has 6 heteroatoms. The molecule has 0 bridgehead atoms. The van der Waals surface area contributed by atoms with Gasteiger partial charge < -0.3 is 0 Å². The van der Waals surface area contributed by atoms with Crippen LogP contribution in [-0.2, 0) is 0 Å². The molecule has 0 radical (unpaired) electrons. The molecule has 1 aromatic carbocycles. The van der Waals surface area contributed by atoms with Crippen molar-refractivity contribution in [2.24, 2.45) is 5.14 Å². The average Bonchev–Trinajstić information content (AvgIpc) is 2.28. The molecule has 1 rings (SSSR count). The molecule has 0 aliphatic heterocycles. The second kappa shape index (κ2) is 8.08. The van der Waals surface area contributed by atoms with Crippen LogP contribution in [0, 0.1) is 0 Å². The summed E-state index contributed by atoms with van der Waals surface area (Å²) in [5, 5.41) is 4.83. The summed E-state index contributed by atoms with van der Waals surface area (Å²) in [6.45, 7) is 7.29. The first-order chi connectivity index (χ1) is 8.19. The molecule has 0 fully saturated rings. The van der Waals surface area contributed by atoms with Crippen LogP contribution in [-0.4, -0.2) is 8.91 Å². The summed E-state index contributed by atoms with van der Waals surface area (Å²) in [6, 6.07) is 7.52. The van der Waals surface area contributed by atoms with Gasteiger partial charge in [-0.2, -0.15) is 0 Å². The molecule has 0 unspecified atom stereocenters. The topological polar surface area (TPSA) is 43.1 Å². The first-order valence-electron chi connectivity index (χ1n) is 4.89. The van der Waals surface area contributed by atoms with Crippen LogP contribution in [0.2, 0.25) is 0 Å². The van der Waals surface area contributed by atoms with Gasteiger partial charge >= 0.3 is 0 Å². The van der Waals surface area contributed by atoms with E-state index in [1.54, 1.807) is 6.92 Å². The zero-order valence-electron chi connectivity index (χ0n) is 10.0. The summed E-state index contributed by atoms with van der Waals surface area (Å²) in [6.07, 6.45) is 0. The molecule has 0 aliphatic rings. The largest absolute Gasteiger partial charge is 0.294 e. The first kappa shape index (κ1) is 17.8. The maximum atomic E-state index is 11.1. The Morgan fingerprint density at radius 1 is 1.22 bits per heavy atom. The highest BCUT2D eigenvalue weighted by molar-refractivity contribution is 8.02. The van der Waals surface area contributed by atoms with Crippen molar-refractivity contribution < 1.29 is 4.79 Å².